The van der Waals surface area contributed by atoms with Gasteiger partial charge in [0.2, 0.25) is 11.6 Å². The van der Waals surface area contributed by atoms with Gasteiger partial charge in [0.1, 0.15) is 17.4 Å². The molecule has 0 bridgehead atoms. The summed E-state index contributed by atoms with van der Waals surface area (Å²) in [5.41, 5.74) is 6.89. The lowest BCUT2D eigenvalue weighted by molar-refractivity contribution is -0.119. The van der Waals surface area contributed by atoms with Gasteiger partial charge in [-0.3, -0.25) is 4.79 Å². The summed E-state index contributed by atoms with van der Waals surface area (Å²) in [5.74, 6) is -0.115. The van der Waals surface area contributed by atoms with Gasteiger partial charge in [0.05, 0.1) is 20.1 Å². The Morgan fingerprint density at radius 1 is 1.26 bits per heavy atom. The highest BCUT2D eigenvalue weighted by molar-refractivity contribution is 6.00. The van der Waals surface area contributed by atoms with Crippen LogP contribution in [0.5, 0.6) is 17.2 Å². The predicted molar refractivity (Wildman–Crippen MR) is 96.9 cm³/mol. The zero-order valence-electron chi connectivity index (χ0n) is 15.8. The van der Waals surface area contributed by atoms with Crippen molar-refractivity contribution < 1.29 is 24.1 Å². The number of hydrogen-bond acceptors (Lipinski definition) is 7. The van der Waals surface area contributed by atoms with Gasteiger partial charge in [0.15, 0.2) is 17.3 Å². The Balaban J connectivity index is 2.25. The molecule has 0 saturated heterocycles. The number of hydrogen-bond donors (Lipinski definition) is 2. The second-order valence-electron chi connectivity index (χ2n) is 7.48. The zero-order chi connectivity index (χ0) is 19.9. The molecule has 3 N–H and O–H groups in total. The van der Waals surface area contributed by atoms with Gasteiger partial charge in [-0.25, -0.2) is 0 Å². The van der Waals surface area contributed by atoms with Crippen LogP contribution in [-0.4, -0.2) is 25.1 Å². The first-order valence-electron chi connectivity index (χ1n) is 8.51. The van der Waals surface area contributed by atoms with Crippen molar-refractivity contribution in [2.45, 2.75) is 32.6 Å². The number of Topliss-reactive ketones (excluding diaryl/α,β-unsaturated/α-hetero) is 1. The number of phenols is 1. The molecule has 1 aliphatic heterocycles. The van der Waals surface area contributed by atoms with E-state index in [2.05, 4.69) is 6.07 Å². The minimum atomic E-state index is -0.703. The Morgan fingerprint density at radius 2 is 1.85 bits per heavy atom. The molecule has 7 heteroatoms. The quantitative estimate of drug-likeness (QED) is 0.840. The Labute approximate surface area is 157 Å². The van der Waals surface area contributed by atoms with E-state index in [1.807, 2.05) is 13.8 Å². The number of aromatic hydroxyl groups is 1. The SMILES string of the molecule is COc1cc([C@H]2C(C#N)=C(N)OC3=C2C(=O)CC(C)(C)C3)cc(OC)c1O. The number of rotatable bonds is 3. The van der Waals surface area contributed by atoms with Crippen LogP contribution in [0.4, 0.5) is 0 Å². The van der Waals surface area contributed by atoms with Crippen LogP contribution in [-0.2, 0) is 9.53 Å². The van der Waals surface area contributed by atoms with E-state index in [4.69, 9.17) is 19.9 Å². The second kappa shape index (κ2) is 6.54. The van der Waals surface area contributed by atoms with E-state index in [0.717, 1.165) is 0 Å². The molecule has 0 saturated carbocycles. The molecule has 0 spiro atoms. The molecule has 27 heavy (non-hydrogen) atoms. The van der Waals surface area contributed by atoms with Gasteiger partial charge in [-0.15, -0.1) is 0 Å². The number of methoxy groups -OCH3 is 2. The third-order valence-corrected chi connectivity index (χ3v) is 4.91. The van der Waals surface area contributed by atoms with Crippen LogP contribution in [0.3, 0.4) is 0 Å². The van der Waals surface area contributed by atoms with E-state index in [1.165, 1.54) is 14.2 Å². The zero-order valence-corrected chi connectivity index (χ0v) is 15.8. The summed E-state index contributed by atoms with van der Waals surface area (Å²) < 4.78 is 16.1. The fraction of sp³-hybridized carbons (Fsp3) is 0.400. The molecule has 0 aromatic heterocycles. The first-order chi connectivity index (χ1) is 12.7. The number of allylic oxidation sites excluding steroid dienone is 3. The van der Waals surface area contributed by atoms with Crippen molar-refractivity contribution in [3.63, 3.8) is 0 Å². The van der Waals surface area contributed by atoms with Gasteiger partial charge < -0.3 is 25.1 Å². The maximum absolute atomic E-state index is 12.9. The largest absolute Gasteiger partial charge is 0.502 e. The van der Waals surface area contributed by atoms with Crippen molar-refractivity contribution in [3.05, 3.63) is 40.5 Å². The summed E-state index contributed by atoms with van der Waals surface area (Å²) in [6, 6.07) is 5.22. The number of nitriles is 1. The van der Waals surface area contributed by atoms with Gasteiger partial charge in [0.25, 0.3) is 0 Å². The highest BCUT2D eigenvalue weighted by Crippen LogP contribution is 2.50. The third kappa shape index (κ3) is 3.08. The molecule has 1 atom stereocenters. The number of ketones is 1. The van der Waals surface area contributed by atoms with E-state index >= 15 is 0 Å². The predicted octanol–water partition coefficient (Wildman–Crippen LogP) is 2.86. The van der Waals surface area contributed by atoms with Crippen molar-refractivity contribution in [2.24, 2.45) is 11.1 Å². The highest BCUT2D eigenvalue weighted by atomic mass is 16.5. The van der Waals surface area contributed by atoms with Gasteiger partial charge in [-0.2, -0.15) is 5.26 Å². The Bertz CT molecular complexity index is 896. The van der Waals surface area contributed by atoms with E-state index in [9.17, 15) is 15.2 Å². The highest BCUT2D eigenvalue weighted by Gasteiger charge is 2.43. The number of nitrogens with two attached hydrogens (primary N) is 1. The molecule has 7 nitrogen and oxygen atoms in total. The molecule has 1 aromatic rings. The number of ether oxygens (including phenoxy) is 3. The fourth-order valence-electron chi connectivity index (χ4n) is 3.70. The topological polar surface area (TPSA) is 115 Å². The average Bonchev–Trinajstić information content (AvgIpc) is 2.59. The smallest absolute Gasteiger partial charge is 0.205 e. The number of nitrogens with zero attached hydrogens (tertiary/aromatic N) is 1. The number of carbonyl (C=O) groups excluding carboxylic acids is 1. The molecule has 2 aliphatic rings. The monoisotopic (exact) mass is 370 g/mol. The fourth-order valence-corrected chi connectivity index (χ4v) is 3.70. The van der Waals surface area contributed by atoms with Crippen molar-refractivity contribution >= 4 is 5.78 Å². The summed E-state index contributed by atoms with van der Waals surface area (Å²) in [7, 11) is 2.83. The van der Waals surface area contributed by atoms with E-state index in [-0.39, 0.29) is 39.9 Å². The van der Waals surface area contributed by atoms with Crippen LogP contribution >= 0.6 is 0 Å². The maximum Gasteiger partial charge on any atom is 0.205 e. The average molecular weight is 370 g/mol. The van der Waals surface area contributed by atoms with Gasteiger partial charge in [0, 0.05) is 18.4 Å². The minimum Gasteiger partial charge on any atom is -0.502 e. The summed E-state index contributed by atoms with van der Waals surface area (Å²) in [4.78, 5) is 12.9. The molecule has 1 heterocycles. The number of benzene rings is 1. The van der Waals surface area contributed by atoms with Crippen molar-refractivity contribution in [2.75, 3.05) is 14.2 Å². The molecular weight excluding hydrogens is 348 g/mol. The van der Waals surface area contributed by atoms with Gasteiger partial charge in [-0.05, 0) is 23.1 Å². The van der Waals surface area contributed by atoms with E-state index in [0.29, 0.717) is 29.7 Å². The van der Waals surface area contributed by atoms with Gasteiger partial charge >= 0.3 is 0 Å². The summed E-state index contributed by atoms with van der Waals surface area (Å²) in [5, 5.41) is 19.9. The summed E-state index contributed by atoms with van der Waals surface area (Å²) in [6.07, 6.45) is 0.882. The molecule has 0 radical (unpaired) electrons. The van der Waals surface area contributed by atoms with Crippen molar-refractivity contribution in [1.82, 2.24) is 0 Å². The standard InChI is InChI=1S/C20H22N2O5/c1-20(2)7-12(23)17-15(8-20)27-19(22)11(9-21)16(17)10-5-13(25-3)18(24)14(6-10)26-4/h5-6,16,24H,7-8,22H2,1-4H3/t16-/m0/s1. The number of phenolic OH excluding ortho intramolecular Hbond substituents is 1. The lowest BCUT2D eigenvalue weighted by Crippen LogP contribution is -2.33. The minimum absolute atomic E-state index is 0.0160. The molecule has 0 unspecified atom stereocenters. The van der Waals surface area contributed by atoms with Crippen molar-refractivity contribution in [1.29, 1.82) is 5.26 Å². The summed E-state index contributed by atoms with van der Waals surface area (Å²) in [6.45, 7) is 3.97. The molecule has 142 valence electrons. The molecule has 3 rings (SSSR count). The molecule has 1 aliphatic carbocycles. The summed E-state index contributed by atoms with van der Waals surface area (Å²) >= 11 is 0. The van der Waals surface area contributed by atoms with Crippen LogP contribution in [0.25, 0.3) is 0 Å². The lowest BCUT2D eigenvalue weighted by Gasteiger charge is -2.37. The first kappa shape index (κ1) is 18.6. The van der Waals surface area contributed by atoms with Crippen LogP contribution in [0, 0.1) is 16.7 Å². The Hall–Kier alpha value is -3.14. The Kier molecular flexibility index (Phi) is 4.52. The van der Waals surface area contributed by atoms with Gasteiger partial charge in [-0.1, -0.05) is 13.8 Å². The van der Waals surface area contributed by atoms with Crippen LogP contribution in [0.15, 0.2) is 34.9 Å². The first-order valence-corrected chi connectivity index (χ1v) is 8.51. The lowest BCUT2D eigenvalue weighted by atomic mass is 9.70. The second-order valence-corrected chi connectivity index (χ2v) is 7.48. The van der Waals surface area contributed by atoms with Crippen LogP contribution < -0.4 is 15.2 Å². The Morgan fingerprint density at radius 3 is 2.37 bits per heavy atom. The van der Waals surface area contributed by atoms with Crippen LogP contribution in [0.2, 0.25) is 0 Å². The molecule has 1 aromatic carbocycles. The maximum atomic E-state index is 12.9. The normalized spacial score (nSPS) is 21.3. The van der Waals surface area contributed by atoms with Crippen LogP contribution in [0.1, 0.15) is 38.2 Å². The third-order valence-electron chi connectivity index (χ3n) is 4.91. The molecular formula is C20H22N2O5. The number of carbonyl (C=O) groups is 1. The van der Waals surface area contributed by atoms with E-state index in [1.54, 1.807) is 12.1 Å². The van der Waals surface area contributed by atoms with Crippen molar-refractivity contribution in [3.8, 4) is 23.3 Å². The molecule has 0 fully saturated rings. The molecule has 0 amide bonds. The van der Waals surface area contributed by atoms with E-state index < -0.39 is 5.92 Å².